The molecule has 3 aromatic carbocycles. The molecule has 8 nitrogen and oxygen atoms in total. The summed E-state index contributed by atoms with van der Waals surface area (Å²) in [5.74, 6) is -0.740. The lowest BCUT2D eigenvalue weighted by Gasteiger charge is -2.37. The molecule has 0 spiro atoms. The molecule has 0 saturated carbocycles. The summed E-state index contributed by atoms with van der Waals surface area (Å²) in [5, 5.41) is 0. The maximum Gasteiger partial charge on any atom is 0.330 e. The Labute approximate surface area is 218 Å². The van der Waals surface area contributed by atoms with Gasteiger partial charge >= 0.3 is 11.7 Å². The molecule has 3 heterocycles. The smallest absolute Gasteiger partial charge is 0.330 e. The van der Waals surface area contributed by atoms with E-state index in [-0.39, 0.29) is 24.9 Å². The third-order valence-corrected chi connectivity index (χ3v) is 7.27. The summed E-state index contributed by atoms with van der Waals surface area (Å²) in [4.78, 5) is 38.7. The molecule has 6 rings (SSSR count). The average Bonchev–Trinajstić information content (AvgIpc) is 3.48. The Hall–Kier alpha value is -4.27. The molecule has 0 bridgehead atoms. The van der Waals surface area contributed by atoms with Crippen LogP contribution in [0.2, 0.25) is 0 Å². The van der Waals surface area contributed by atoms with Crippen molar-refractivity contribution in [1.82, 2.24) is 9.55 Å². The van der Waals surface area contributed by atoms with Crippen molar-refractivity contribution in [2.24, 2.45) is 5.92 Å². The van der Waals surface area contributed by atoms with Crippen molar-refractivity contribution >= 4 is 5.97 Å². The number of rotatable bonds is 7. The second-order valence-electron chi connectivity index (χ2n) is 9.50. The quantitative estimate of drug-likeness (QED) is 0.302. The number of nitrogens with one attached hydrogen (secondary N) is 1. The molecular formula is C30H26N2O6. The van der Waals surface area contributed by atoms with Gasteiger partial charge in [-0.1, -0.05) is 91.0 Å². The predicted molar refractivity (Wildman–Crippen MR) is 138 cm³/mol. The van der Waals surface area contributed by atoms with Crippen LogP contribution in [-0.4, -0.2) is 34.3 Å². The van der Waals surface area contributed by atoms with E-state index in [0.29, 0.717) is 0 Å². The van der Waals surface area contributed by atoms with E-state index >= 15 is 0 Å². The number of benzene rings is 3. The first-order valence-corrected chi connectivity index (χ1v) is 12.5. The van der Waals surface area contributed by atoms with Gasteiger partial charge in [-0.2, -0.15) is 0 Å². The fraction of sp³-hybridized carbons (Fsp3) is 0.233. The normalized spacial score (nSPS) is 22.7. The van der Waals surface area contributed by atoms with Gasteiger partial charge in [0, 0.05) is 12.3 Å². The highest BCUT2D eigenvalue weighted by Crippen LogP contribution is 2.45. The van der Waals surface area contributed by atoms with E-state index in [1.807, 2.05) is 91.0 Å². The van der Waals surface area contributed by atoms with E-state index < -0.39 is 35.3 Å². The Balaban J connectivity index is 1.40. The lowest BCUT2D eigenvalue weighted by atomic mass is 9.80. The fourth-order valence-corrected chi connectivity index (χ4v) is 5.58. The number of aromatic nitrogens is 2. The maximum atomic E-state index is 12.5. The van der Waals surface area contributed by atoms with Crippen molar-refractivity contribution in [3.63, 3.8) is 0 Å². The van der Waals surface area contributed by atoms with Gasteiger partial charge in [-0.3, -0.25) is 19.1 Å². The van der Waals surface area contributed by atoms with Crippen LogP contribution < -0.4 is 11.2 Å². The molecule has 2 saturated heterocycles. The van der Waals surface area contributed by atoms with Gasteiger partial charge in [0.05, 0.1) is 18.9 Å². The van der Waals surface area contributed by atoms with Crippen molar-refractivity contribution in [3.05, 3.63) is 141 Å². The second-order valence-corrected chi connectivity index (χ2v) is 9.50. The predicted octanol–water partition coefficient (Wildman–Crippen LogP) is 3.37. The number of H-pyrrole nitrogens is 1. The van der Waals surface area contributed by atoms with Crippen LogP contribution in [-0.2, 0) is 24.6 Å². The molecule has 4 atom stereocenters. The summed E-state index contributed by atoms with van der Waals surface area (Å²) < 4.78 is 20.2. The summed E-state index contributed by atoms with van der Waals surface area (Å²) in [6.07, 6.45) is -0.503. The van der Waals surface area contributed by atoms with Crippen LogP contribution >= 0.6 is 0 Å². The SMILES string of the molecule is O=C1C[C@@H]2[C@H](O1)[C@@H](COC(c1ccccc1)(c1ccccc1)c1ccccc1)O[C@H]2n1ccc(=O)[nH]c1=O. The topological polar surface area (TPSA) is 99.6 Å². The van der Waals surface area contributed by atoms with Crippen LogP contribution in [0.3, 0.4) is 0 Å². The van der Waals surface area contributed by atoms with Crippen LogP contribution in [0.1, 0.15) is 29.3 Å². The molecule has 0 unspecified atom stereocenters. The highest BCUT2D eigenvalue weighted by molar-refractivity contribution is 5.72. The maximum absolute atomic E-state index is 12.5. The number of esters is 1. The first kappa shape index (κ1) is 24.1. The van der Waals surface area contributed by atoms with Crippen LogP contribution in [0.25, 0.3) is 0 Å². The van der Waals surface area contributed by atoms with Gasteiger partial charge in [0.1, 0.15) is 24.0 Å². The van der Waals surface area contributed by atoms with E-state index in [0.717, 1.165) is 16.7 Å². The first-order chi connectivity index (χ1) is 18.6. The minimum absolute atomic E-state index is 0.0851. The Morgan fingerprint density at radius 2 is 1.37 bits per heavy atom. The molecule has 0 radical (unpaired) electrons. The van der Waals surface area contributed by atoms with Crippen molar-refractivity contribution < 1.29 is 19.0 Å². The Morgan fingerprint density at radius 1 is 0.816 bits per heavy atom. The molecule has 8 heteroatoms. The van der Waals surface area contributed by atoms with Gasteiger partial charge in [0.25, 0.3) is 5.56 Å². The zero-order valence-corrected chi connectivity index (χ0v) is 20.4. The van der Waals surface area contributed by atoms with Gasteiger partial charge < -0.3 is 14.2 Å². The molecule has 1 N–H and O–H groups in total. The summed E-state index contributed by atoms with van der Waals surface area (Å²) in [7, 11) is 0. The highest BCUT2D eigenvalue weighted by atomic mass is 16.6. The Morgan fingerprint density at radius 3 is 1.89 bits per heavy atom. The van der Waals surface area contributed by atoms with E-state index in [1.165, 1.54) is 16.8 Å². The van der Waals surface area contributed by atoms with Gasteiger partial charge in [-0.15, -0.1) is 0 Å². The molecule has 2 aliphatic rings. The number of carbonyl (C=O) groups is 1. The Kier molecular flexibility index (Phi) is 6.27. The van der Waals surface area contributed by atoms with Crippen LogP contribution in [0.15, 0.2) is 113 Å². The molecule has 0 aliphatic carbocycles. The van der Waals surface area contributed by atoms with Crippen LogP contribution in [0.4, 0.5) is 0 Å². The highest BCUT2D eigenvalue weighted by Gasteiger charge is 2.54. The molecule has 1 aromatic heterocycles. The molecule has 38 heavy (non-hydrogen) atoms. The first-order valence-electron chi connectivity index (χ1n) is 12.5. The number of aromatic amines is 1. The van der Waals surface area contributed by atoms with E-state index in [1.54, 1.807) is 0 Å². The molecular weight excluding hydrogens is 484 g/mol. The molecule has 2 fully saturated rings. The van der Waals surface area contributed by atoms with E-state index in [4.69, 9.17) is 14.2 Å². The van der Waals surface area contributed by atoms with Crippen molar-refractivity contribution in [2.75, 3.05) is 6.61 Å². The molecule has 4 aromatic rings. The van der Waals surface area contributed by atoms with Crippen molar-refractivity contribution in [2.45, 2.75) is 30.5 Å². The second kappa shape index (κ2) is 9.89. The fourth-order valence-electron chi connectivity index (χ4n) is 5.58. The zero-order chi connectivity index (χ0) is 26.1. The number of ether oxygens (including phenoxy) is 3. The van der Waals surface area contributed by atoms with Crippen LogP contribution in [0.5, 0.6) is 0 Å². The van der Waals surface area contributed by atoms with Crippen molar-refractivity contribution in [1.29, 1.82) is 0 Å². The summed E-state index contributed by atoms with van der Waals surface area (Å²) in [5.41, 5.74) is 0.724. The van der Waals surface area contributed by atoms with Gasteiger partial charge in [0.2, 0.25) is 0 Å². The minimum Gasteiger partial charge on any atom is -0.459 e. The number of hydrogen-bond donors (Lipinski definition) is 1. The molecule has 0 amide bonds. The minimum atomic E-state index is -0.974. The van der Waals surface area contributed by atoms with E-state index in [2.05, 4.69) is 4.98 Å². The monoisotopic (exact) mass is 510 g/mol. The Bertz CT molecular complexity index is 1440. The molecule has 2 aliphatic heterocycles. The third kappa shape index (κ3) is 4.17. The number of carbonyl (C=O) groups excluding carboxylic acids is 1. The standard InChI is InChI=1S/C30H26N2O6/c33-25-16-17-32(29(35)31-25)28-23-18-26(34)38-27(23)24(37-28)19-36-30(20-10-4-1-5-11-20,21-12-6-2-7-13-21)22-14-8-3-9-15-22/h1-17,23-24,27-28H,18-19H2,(H,31,33,35)/t23-,24-,27+,28-/m1/s1. The zero-order valence-electron chi connectivity index (χ0n) is 20.4. The van der Waals surface area contributed by atoms with E-state index in [9.17, 15) is 14.4 Å². The number of hydrogen-bond acceptors (Lipinski definition) is 6. The third-order valence-electron chi connectivity index (χ3n) is 7.27. The van der Waals surface area contributed by atoms with Gasteiger partial charge in [-0.05, 0) is 16.7 Å². The van der Waals surface area contributed by atoms with Gasteiger partial charge in [-0.25, -0.2) is 4.79 Å². The number of fused-ring (bicyclic) bond motifs is 1. The largest absolute Gasteiger partial charge is 0.459 e. The average molecular weight is 511 g/mol. The van der Waals surface area contributed by atoms with Crippen molar-refractivity contribution in [3.8, 4) is 0 Å². The summed E-state index contributed by atoms with van der Waals surface area (Å²) in [6.45, 7) is 0.0851. The van der Waals surface area contributed by atoms with Crippen LogP contribution in [0, 0.1) is 5.92 Å². The van der Waals surface area contributed by atoms with Gasteiger partial charge in [0.15, 0.2) is 0 Å². The lowest BCUT2D eigenvalue weighted by molar-refractivity contribution is -0.151. The summed E-state index contributed by atoms with van der Waals surface area (Å²) in [6, 6.07) is 31.1. The number of nitrogens with zero attached hydrogens (tertiary/aromatic N) is 1. The molecule has 192 valence electrons. The lowest BCUT2D eigenvalue weighted by Crippen LogP contribution is -2.38. The summed E-state index contributed by atoms with van der Waals surface area (Å²) >= 11 is 0.